The zero-order valence-corrected chi connectivity index (χ0v) is 12.2. The summed E-state index contributed by atoms with van der Waals surface area (Å²) in [6.45, 7) is 6.15. The molecule has 0 aromatic heterocycles. The molecular weight excluding hydrogens is 248 g/mol. The summed E-state index contributed by atoms with van der Waals surface area (Å²) in [7, 11) is 0. The van der Waals surface area contributed by atoms with Crippen LogP contribution in [0.4, 0.5) is 0 Å². The SMILES string of the molecule is Cc1ccc2c(c1)CCN(C(N)=NC1CCNCC1)C2. The van der Waals surface area contributed by atoms with Crippen LogP contribution >= 0.6 is 0 Å². The maximum atomic E-state index is 6.22. The molecular formula is C16H24N4. The summed E-state index contributed by atoms with van der Waals surface area (Å²) in [6, 6.07) is 7.11. The molecule has 0 bridgehead atoms. The number of guanidine groups is 1. The van der Waals surface area contributed by atoms with Crippen molar-refractivity contribution in [1.82, 2.24) is 10.2 Å². The topological polar surface area (TPSA) is 53.6 Å². The minimum atomic E-state index is 0.399. The van der Waals surface area contributed by atoms with E-state index in [0.717, 1.165) is 51.4 Å². The largest absolute Gasteiger partial charge is 0.370 e. The second-order valence-electron chi connectivity index (χ2n) is 5.91. The number of rotatable bonds is 1. The van der Waals surface area contributed by atoms with Gasteiger partial charge in [0, 0.05) is 13.1 Å². The first-order valence-corrected chi connectivity index (χ1v) is 7.60. The van der Waals surface area contributed by atoms with Crippen molar-refractivity contribution in [2.45, 2.75) is 38.8 Å². The van der Waals surface area contributed by atoms with Gasteiger partial charge >= 0.3 is 0 Å². The van der Waals surface area contributed by atoms with Gasteiger partial charge in [-0.15, -0.1) is 0 Å². The Hall–Kier alpha value is -1.55. The molecule has 1 fully saturated rings. The van der Waals surface area contributed by atoms with E-state index >= 15 is 0 Å². The Labute approximate surface area is 121 Å². The maximum absolute atomic E-state index is 6.22. The molecule has 0 radical (unpaired) electrons. The van der Waals surface area contributed by atoms with Crippen LogP contribution in [-0.4, -0.2) is 36.5 Å². The third-order valence-electron chi connectivity index (χ3n) is 4.32. The van der Waals surface area contributed by atoms with Crippen LogP contribution in [0.1, 0.15) is 29.5 Å². The van der Waals surface area contributed by atoms with E-state index < -0.39 is 0 Å². The lowest BCUT2D eigenvalue weighted by molar-refractivity contribution is 0.379. The molecule has 0 saturated carbocycles. The molecule has 0 aliphatic carbocycles. The van der Waals surface area contributed by atoms with Crippen LogP contribution in [0.2, 0.25) is 0 Å². The number of hydrogen-bond acceptors (Lipinski definition) is 2. The average molecular weight is 272 g/mol. The lowest BCUT2D eigenvalue weighted by Gasteiger charge is -2.31. The van der Waals surface area contributed by atoms with Crippen molar-refractivity contribution in [1.29, 1.82) is 0 Å². The number of nitrogens with two attached hydrogens (primary N) is 1. The quantitative estimate of drug-likeness (QED) is 0.600. The minimum absolute atomic E-state index is 0.399. The Morgan fingerprint density at radius 1 is 1.30 bits per heavy atom. The van der Waals surface area contributed by atoms with Crippen LogP contribution in [0.5, 0.6) is 0 Å². The highest BCUT2D eigenvalue weighted by Gasteiger charge is 2.19. The lowest BCUT2D eigenvalue weighted by atomic mass is 9.98. The molecule has 2 aliphatic heterocycles. The first-order valence-electron chi connectivity index (χ1n) is 7.60. The molecule has 1 aromatic rings. The number of nitrogens with one attached hydrogen (secondary N) is 1. The Morgan fingerprint density at radius 2 is 2.10 bits per heavy atom. The third-order valence-corrected chi connectivity index (χ3v) is 4.32. The molecule has 3 rings (SSSR count). The van der Waals surface area contributed by atoms with Gasteiger partial charge in [0.2, 0.25) is 0 Å². The normalized spacial score (nSPS) is 20.9. The van der Waals surface area contributed by atoms with Gasteiger partial charge in [0.25, 0.3) is 0 Å². The second kappa shape index (κ2) is 5.83. The summed E-state index contributed by atoms with van der Waals surface area (Å²) in [5.41, 5.74) is 10.4. The first kappa shape index (κ1) is 13.4. The van der Waals surface area contributed by atoms with Crippen LogP contribution in [0.25, 0.3) is 0 Å². The highest BCUT2D eigenvalue weighted by molar-refractivity contribution is 5.78. The zero-order chi connectivity index (χ0) is 13.9. The fourth-order valence-corrected chi connectivity index (χ4v) is 3.08. The molecule has 2 heterocycles. The van der Waals surface area contributed by atoms with E-state index in [-0.39, 0.29) is 0 Å². The van der Waals surface area contributed by atoms with Crippen molar-refractivity contribution in [3.8, 4) is 0 Å². The van der Waals surface area contributed by atoms with Crippen LogP contribution in [0.15, 0.2) is 23.2 Å². The van der Waals surface area contributed by atoms with Gasteiger partial charge in [-0.2, -0.15) is 0 Å². The number of fused-ring (bicyclic) bond motifs is 1. The molecule has 0 unspecified atom stereocenters. The van der Waals surface area contributed by atoms with E-state index in [1.54, 1.807) is 0 Å². The number of piperidine rings is 1. The Kier molecular flexibility index (Phi) is 3.92. The predicted octanol–water partition coefficient (Wildman–Crippen LogP) is 1.42. The summed E-state index contributed by atoms with van der Waals surface area (Å²) in [6.07, 6.45) is 3.27. The molecule has 2 aliphatic rings. The van der Waals surface area contributed by atoms with E-state index in [4.69, 9.17) is 10.7 Å². The van der Waals surface area contributed by atoms with E-state index in [9.17, 15) is 0 Å². The smallest absolute Gasteiger partial charge is 0.191 e. The minimum Gasteiger partial charge on any atom is -0.370 e. The fraction of sp³-hybridized carbons (Fsp3) is 0.562. The van der Waals surface area contributed by atoms with Crippen molar-refractivity contribution >= 4 is 5.96 Å². The van der Waals surface area contributed by atoms with E-state index in [0.29, 0.717) is 6.04 Å². The third kappa shape index (κ3) is 2.96. The Bertz CT molecular complexity index is 503. The van der Waals surface area contributed by atoms with Gasteiger partial charge in [-0.25, -0.2) is 4.99 Å². The molecule has 1 saturated heterocycles. The molecule has 108 valence electrons. The number of benzene rings is 1. The number of hydrogen-bond donors (Lipinski definition) is 2. The Morgan fingerprint density at radius 3 is 2.90 bits per heavy atom. The van der Waals surface area contributed by atoms with Gasteiger partial charge in [0.15, 0.2) is 5.96 Å². The monoisotopic (exact) mass is 272 g/mol. The molecule has 0 spiro atoms. The first-order chi connectivity index (χ1) is 9.72. The van der Waals surface area contributed by atoms with Crippen molar-refractivity contribution < 1.29 is 0 Å². The van der Waals surface area contributed by atoms with Gasteiger partial charge in [0.1, 0.15) is 0 Å². The summed E-state index contributed by atoms with van der Waals surface area (Å²) in [5.74, 6) is 0.725. The van der Waals surface area contributed by atoms with Crippen molar-refractivity contribution in [2.24, 2.45) is 10.7 Å². The van der Waals surface area contributed by atoms with Crippen LogP contribution in [-0.2, 0) is 13.0 Å². The maximum Gasteiger partial charge on any atom is 0.191 e. The number of nitrogens with zero attached hydrogens (tertiary/aromatic N) is 2. The second-order valence-corrected chi connectivity index (χ2v) is 5.91. The predicted molar refractivity (Wildman–Crippen MR) is 82.8 cm³/mol. The highest BCUT2D eigenvalue weighted by Crippen LogP contribution is 2.20. The van der Waals surface area contributed by atoms with Gasteiger partial charge < -0.3 is 16.0 Å². The van der Waals surface area contributed by atoms with Crippen LogP contribution < -0.4 is 11.1 Å². The summed E-state index contributed by atoms with van der Waals surface area (Å²) in [5, 5.41) is 3.36. The van der Waals surface area contributed by atoms with Crippen molar-refractivity contribution in [2.75, 3.05) is 19.6 Å². The molecule has 4 nitrogen and oxygen atoms in total. The lowest BCUT2D eigenvalue weighted by Crippen LogP contribution is -2.42. The van der Waals surface area contributed by atoms with E-state index in [1.165, 1.54) is 16.7 Å². The van der Waals surface area contributed by atoms with Crippen LogP contribution in [0.3, 0.4) is 0 Å². The fourth-order valence-electron chi connectivity index (χ4n) is 3.08. The summed E-state index contributed by atoms with van der Waals surface area (Å²) in [4.78, 5) is 6.95. The molecule has 4 heteroatoms. The average Bonchev–Trinajstić information content (AvgIpc) is 2.47. The molecule has 0 atom stereocenters. The van der Waals surface area contributed by atoms with E-state index in [2.05, 4.69) is 35.3 Å². The van der Waals surface area contributed by atoms with Gasteiger partial charge in [-0.3, -0.25) is 0 Å². The molecule has 20 heavy (non-hydrogen) atoms. The molecule has 1 aromatic carbocycles. The molecule has 3 N–H and O–H groups in total. The van der Waals surface area contributed by atoms with Crippen LogP contribution in [0, 0.1) is 6.92 Å². The van der Waals surface area contributed by atoms with Crippen molar-refractivity contribution in [3.05, 3.63) is 34.9 Å². The van der Waals surface area contributed by atoms with Gasteiger partial charge in [-0.1, -0.05) is 23.8 Å². The molecule has 0 amide bonds. The van der Waals surface area contributed by atoms with Crippen molar-refractivity contribution in [3.63, 3.8) is 0 Å². The summed E-state index contributed by atoms with van der Waals surface area (Å²) >= 11 is 0. The highest BCUT2D eigenvalue weighted by atomic mass is 15.3. The summed E-state index contributed by atoms with van der Waals surface area (Å²) < 4.78 is 0. The van der Waals surface area contributed by atoms with Gasteiger partial charge in [-0.05, 0) is 50.4 Å². The zero-order valence-electron chi connectivity index (χ0n) is 12.2. The standard InChI is InChI=1S/C16H24N4/c1-12-2-3-14-11-20(9-6-13(14)10-12)16(17)19-15-4-7-18-8-5-15/h2-3,10,15,18H,4-9,11H2,1H3,(H2,17,19). The Balaban J connectivity index is 1.69. The van der Waals surface area contributed by atoms with Gasteiger partial charge in [0.05, 0.1) is 6.04 Å². The number of aryl methyl sites for hydroxylation is 1. The van der Waals surface area contributed by atoms with E-state index in [1.807, 2.05) is 0 Å². The number of aliphatic imine (C=N–C) groups is 1.